The smallest absolute Gasteiger partial charge is 0.248 e. The van der Waals surface area contributed by atoms with Crippen molar-refractivity contribution in [2.45, 2.75) is 18.9 Å². The number of carbonyl (C=O) groups excluding carboxylic acids is 1. The zero-order chi connectivity index (χ0) is 16.2. The van der Waals surface area contributed by atoms with Crippen LogP contribution in [0.4, 0.5) is 5.82 Å². The molecule has 1 fully saturated rings. The summed E-state index contributed by atoms with van der Waals surface area (Å²) in [6.07, 6.45) is 2.01. The standard InChI is InChI=1S/C18H23N3O2/c1-20(2)18(22)13-23-15-9-11-21(12-10-15)17-8-7-14-5-3-4-6-16(14)19-17/h3-8,15H,9-13H2,1-2H3. The molecule has 2 aromatic rings. The van der Waals surface area contributed by atoms with Crippen molar-refractivity contribution in [3.63, 3.8) is 0 Å². The lowest BCUT2D eigenvalue weighted by Gasteiger charge is -2.32. The number of hydrogen-bond donors (Lipinski definition) is 0. The van der Waals surface area contributed by atoms with Gasteiger partial charge in [-0.15, -0.1) is 0 Å². The normalized spacial score (nSPS) is 15.8. The highest BCUT2D eigenvalue weighted by molar-refractivity contribution is 5.80. The second-order valence-electron chi connectivity index (χ2n) is 6.15. The van der Waals surface area contributed by atoms with Gasteiger partial charge in [-0.3, -0.25) is 4.79 Å². The number of piperidine rings is 1. The van der Waals surface area contributed by atoms with Crippen LogP contribution >= 0.6 is 0 Å². The average Bonchev–Trinajstić information content (AvgIpc) is 2.59. The number of pyridine rings is 1. The van der Waals surface area contributed by atoms with Gasteiger partial charge in [-0.1, -0.05) is 18.2 Å². The number of anilines is 1. The Morgan fingerprint density at radius 1 is 1.22 bits per heavy atom. The van der Waals surface area contributed by atoms with E-state index in [4.69, 9.17) is 9.72 Å². The van der Waals surface area contributed by atoms with E-state index in [1.165, 1.54) is 0 Å². The number of para-hydroxylation sites is 1. The lowest BCUT2D eigenvalue weighted by Crippen LogP contribution is -2.39. The third-order valence-electron chi connectivity index (χ3n) is 4.29. The Balaban J connectivity index is 1.56. The Bertz CT molecular complexity index is 679. The third-order valence-corrected chi connectivity index (χ3v) is 4.29. The molecule has 2 heterocycles. The fraction of sp³-hybridized carbons (Fsp3) is 0.444. The summed E-state index contributed by atoms with van der Waals surface area (Å²) in [5, 5.41) is 1.16. The number of ether oxygens (including phenoxy) is 1. The van der Waals surface area contributed by atoms with Gasteiger partial charge in [0.25, 0.3) is 0 Å². The molecule has 5 nitrogen and oxygen atoms in total. The average molecular weight is 313 g/mol. The minimum atomic E-state index is 0.0172. The van der Waals surface area contributed by atoms with E-state index in [0.717, 1.165) is 42.7 Å². The predicted octanol–water partition coefficient (Wildman–Crippen LogP) is 2.31. The quantitative estimate of drug-likeness (QED) is 0.869. The molecule has 0 atom stereocenters. The number of hydrogen-bond acceptors (Lipinski definition) is 4. The van der Waals surface area contributed by atoms with Gasteiger partial charge >= 0.3 is 0 Å². The summed E-state index contributed by atoms with van der Waals surface area (Å²) in [6, 6.07) is 12.4. The maximum absolute atomic E-state index is 11.6. The van der Waals surface area contributed by atoms with Gasteiger partial charge in [0.15, 0.2) is 0 Å². The van der Waals surface area contributed by atoms with E-state index in [9.17, 15) is 4.79 Å². The lowest BCUT2D eigenvalue weighted by atomic mass is 10.1. The van der Waals surface area contributed by atoms with E-state index in [-0.39, 0.29) is 18.6 Å². The Morgan fingerprint density at radius 3 is 2.70 bits per heavy atom. The van der Waals surface area contributed by atoms with Crippen LogP contribution in [0.5, 0.6) is 0 Å². The molecule has 1 aliphatic rings. The zero-order valence-electron chi connectivity index (χ0n) is 13.7. The molecule has 1 aliphatic heterocycles. The summed E-state index contributed by atoms with van der Waals surface area (Å²) in [7, 11) is 3.50. The van der Waals surface area contributed by atoms with Crippen molar-refractivity contribution in [2.24, 2.45) is 0 Å². The number of rotatable bonds is 4. The molecule has 0 saturated carbocycles. The number of benzene rings is 1. The van der Waals surface area contributed by atoms with Crippen LogP contribution in [0.2, 0.25) is 0 Å². The molecule has 23 heavy (non-hydrogen) atoms. The lowest BCUT2D eigenvalue weighted by molar-refractivity contribution is -0.136. The van der Waals surface area contributed by atoms with Gasteiger partial charge in [0.2, 0.25) is 5.91 Å². The Hall–Kier alpha value is -2.14. The summed E-state index contributed by atoms with van der Waals surface area (Å²) >= 11 is 0. The molecule has 3 rings (SSSR count). The van der Waals surface area contributed by atoms with Crippen LogP contribution in [0.15, 0.2) is 36.4 Å². The van der Waals surface area contributed by atoms with Crippen LogP contribution in [0.3, 0.4) is 0 Å². The molecule has 0 unspecified atom stereocenters. The van der Waals surface area contributed by atoms with Crippen molar-refractivity contribution in [1.82, 2.24) is 9.88 Å². The molecule has 0 N–H and O–H groups in total. The van der Waals surface area contributed by atoms with E-state index in [0.29, 0.717) is 0 Å². The van der Waals surface area contributed by atoms with Gasteiger partial charge in [0.1, 0.15) is 12.4 Å². The second kappa shape index (κ2) is 6.96. The van der Waals surface area contributed by atoms with Gasteiger partial charge in [0.05, 0.1) is 11.6 Å². The van der Waals surface area contributed by atoms with Gasteiger partial charge in [0, 0.05) is 32.6 Å². The second-order valence-corrected chi connectivity index (χ2v) is 6.15. The highest BCUT2D eigenvalue weighted by atomic mass is 16.5. The maximum atomic E-state index is 11.6. The van der Waals surface area contributed by atoms with Crippen molar-refractivity contribution in [3.05, 3.63) is 36.4 Å². The van der Waals surface area contributed by atoms with Crippen molar-refractivity contribution < 1.29 is 9.53 Å². The van der Waals surface area contributed by atoms with Crippen LogP contribution < -0.4 is 4.90 Å². The highest BCUT2D eigenvalue weighted by Crippen LogP contribution is 2.22. The topological polar surface area (TPSA) is 45.7 Å². The molecule has 0 bridgehead atoms. The molecule has 1 amide bonds. The van der Waals surface area contributed by atoms with Crippen LogP contribution in [0, 0.1) is 0 Å². The largest absolute Gasteiger partial charge is 0.368 e. The highest BCUT2D eigenvalue weighted by Gasteiger charge is 2.21. The van der Waals surface area contributed by atoms with Crippen LogP contribution in [-0.4, -0.2) is 55.7 Å². The summed E-state index contributed by atoms with van der Waals surface area (Å²) in [4.78, 5) is 20.2. The molecular weight excluding hydrogens is 290 g/mol. The SMILES string of the molecule is CN(C)C(=O)COC1CCN(c2ccc3ccccc3n2)CC1. The first-order valence-electron chi connectivity index (χ1n) is 8.06. The molecule has 0 aliphatic carbocycles. The monoisotopic (exact) mass is 313 g/mol. The van der Waals surface area contributed by atoms with Crippen molar-refractivity contribution in [1.29, 1.82) is 0 Å². The van der Waals surface area contributed by atoms with Gasteiger partial charge in [-0.2, -0.15) is 0 Å². The Morgan fingerprint density at radius 2 is 1.96 bits per heavy atom. The van der Waals surface area contributed by atoms with Gasteiger partial charge in [-0.25, -0.2) is 4.98 Å². The number of nitrogens with zero attached hydrogens (tertiary/aromatic N) is 3. The molecule has 122 valence electrons. The van der Waals surface area contributed by atoms with Crippen molar-refractivity contribution in [3.8, 4) is 0 Å². The molecular formula is C18H23N3O2. The molecule has 0 radical (unpaired) electrons. The number of aromatic nitrogens is 1. The van der Waals surface area contributed by atoms with E-state index in [1.807, 2.05) is 18.2 Å². The number of likely N-dealkylation sites (N-methyl/N-ethyl adjacent to an activating group) is 1. The number of amides is 1. The third kappa shape index (κ3) is 3.79. The van der Waals surface area contributed by atoms with E-state index in [1.54, 1.807) is 19.0 Å². The summed E-state index contributed by atoms with van der Waals surface area (Å²) < 4.78 is 5.72. The van der Waals surface area contributed by atoms with Crippen LogP contribution in [0.25, 0.3) is 10.9 Å². The summed E-state index contributed by atoms with van der Waals surface area (Å²) in [5.74, 6) is 1.04. The van der Waals surface area contributed by atoms with Crippen molar-refractivity contribution >= 4 is 22.6 Å². The fourth-order valence-electron chi connectivity index (χ4n) is 2.80. The van der Waals surface area contributed by atoms with Crippen LogP contribution in [0.1, 0.15) is 12.8 Å². The predicted molar refractivity (Wildman–Crippen MR) is 91.6 cm³/mol. The molecule has 1 aromatic heterocycles. The van der Waals surface area contributed by atoms with E-state index >= 15 is 0 Å². The molecule has 5 heteroatoms. The van der Waals surface area contributed by atoms with Gasteiger partial charge in [-0.05, 0) is 31.0 Å². The molecule has 1 saturated heterocycles. The fourth-order valence-corrected chi connectivity index (χ4v) is 2.80. The minimum absolute atomic E-state index is 0.0172. The maximum Gasteiger partial charge on any atom is 0.248 e. The van der Waals surface area contributed by atoms with Crippen LogP contribution in [-0.2, 0) is 9.53 Å². The van der Waals surface area contributed by atoms with E-state index < -0.39 is 0 Å². The number of carbonyl (C=O) groups is 1. The summed E-state index contributed by atoms with van der Waals surface area (Å²) in [5.41, 5.74) is 1.03. The zero-order valence-corrected chi connectivity index (χ0v) is 13.7. The van der Waals surface area contributed by atoms with Crippen molar-refractivity contribution in [2.75, 3.05) is 38.7 Å². The Labute approximate surface area is 136 Å². The Kier molecular flexibility index (Phi) is 4.76. The first kappa shape index (κ1) is 15.7. The van der Waals surface area contributed by atoms with Gasteiger partial charge < -0.3 is 14.5 Å². The van der Waals surface area contributed by atoms with E-state index in [2.05, 4.69) is 23.1 Å². The molecule has 1 aromatic carbocycles. The molecule has 0 spiro atoms. The summed E-state index contributed by atoms with van der Waals surface area (Å²) in [6.45, 7) is 1.99. The minimum Gasteiger partial charge on any atom is -0.368 e. The number of fused-ring (bicyclic) bond motifs is 1. The first-order valence-corrected chi connectivity index (χ1v) is 8.06. The first-order chi connectivity index (χ1) is 11.1.